The van der Waals surface area contributed by atoms with Crippen LogP contribution in [0, 0.1) is 5.92 Å². The summed E-state index contributed by atoms with van der Waals surface area (Å²) in [7, 11) is 0. The average Bonchev–Trinajstić information content (AvgIpc) is 2.64. The van der Waals surface area contributed by atoms with Crippen LogP contribution in [0.25, 0.3) is 0 Å². The van der Waals surface area contributed by atoms with Gasteiger partial charge in [-0.15, -0.1) is 0 Å². The largest absolute Gasteiger partial charge is 0.481 e. The van der Waals surface area contributed by atoms with Crippen LogP contribution in [0.15, 0.2) is 0 Å². The number of carboxylic acid groups (broad SMARTS) is 1. The molecule has 0 aromatic carbocycles. The van der Waals surface area contributed by atoms with Gasteiger partial charge in [0, 0.05) is 18.5 Å². The lowest BCUT2D eigenvalue weighted by molar-refractivity contribution is -0.141. The number of carbonyl (C=O) groups excluding carboxylic acids is 1. The number of nitrogens with zero attached hydrogens (tertiary/aromatic N) is 1. The van der Waals surface area contributed by atoms with Gasteiger partial charge < -0.3 is 10.0 Å². The molecule has 2 unspecified atom stereocenters. The minimum absolute atomic E-state index is 0.0272. The topological polar surface area (TPSA) is 57.6 Å². The van der Waals surface area contributed by atoms with Crippen LogP contribution in [0.3, 0.4) is 0 Å². The molecular weight excluding hydrogens is 206 g/mol. The first-order valence-electron chi connectivity index (χ1n) is 6.08. The molecule has 2 atom stereocenters. The minimum atomic E-state index is -0.812. The first kappa shape index (κ1) is 13.0. The van der Waals surface area contributed by atoms with E-state index < -0.39 is 5.97 Å². The molecule has 0 aromatic heterocycles. The van der Waals surface area contributed by atoms with E-state index in [4.69, 9.17) is 5.11 Å². The molecule has 1 heterocycles. The second-order valence-electron chi connectivity index (χ2n) is 4.62. The van der Waals surface area contributed by atoms with Crippen molar-refractivity contribution in [2.75, 3.05) is 6.54 Å². The summed E-state index contributed by atoms with van der Waals surface area (Å²) in [5, 5.41) is 8.78. The van der Waals surface area contributed by atoms with Gasteiger partial charge in [0.25, 0.3) is 0 Å². The molecule has 0 aliphatic carbocycles. The van der Waals surface area contributed by atoms with Gasteiger partial charge in [0.1, 0.15) is 0 Å². The van der Waals surface area contributed by atoms with Crippen LogP contribution in [-0.4, -0.2) is 34.5 Å². The Balaban J connectivity index is 2.56. The number of carboxylic acids is 1. The Bertz CT molecular complexity index is 265. The zero-order valence-corrected chi connectivity index (χ0v) is 10.1. The Morgan fingerprint density at radius 2 is 2.19 bits per heavy atom. The van der Waals surface area contributed by atoms with Gasteiger partial charge in [-0.2, -0.15) is 0 Å². The van der Waals surface area contributed by atoms with Gasteiger partial charge >= 0.3 is 5.97 Å². The fourth-order valence-electron chi connectivity index (χ4n) is 2.38. The molecule has 16 heavy (non-hydrogen) atoms. The SMILES string of the molecule is CCCC(C)C(=O)N1CCCC1CC(=O)O. The van der Waals surface area contributed by atoms with E-state index in [9.17, 15) is 9.59 Å². The molecule has 1 saturated heterocycles. The summed E-state index contributed by atoms with van der Waals surface area (Å²) in [4.78, 5) is 24.5. The van der Waals surface area contributed by atoms with Crippen LogP contribution in [0.5, 0.6) is 0 Å². The second kappa shape index (κ2) is 5.87. The van der Waals surface area contributed by atoms with E-state index in [1.54, 1.807) is 4.90 Å². The lowest BCUT2D eigenvalue weighted by atomic mass is 10.0. The van der Waals surface area contributed by atoms with E-state index in [2.05, 4.69) is 6.92 Å². The Hall–Kier alpha value is -1.06. The van der Waals surface area contributed by atoms with Crippen molar-refractivity contribution in [2.45, 2.75) is 52.0 Å². The number of rotatable bonds is 5. The molecule has 4 heteroatoms. The molecule has 0 bridgehead atoms. The number of likely N-dealkylation sites (tertiary alicyclic amines) is 1. The van der Waals surface area contributed by atoms with Crippen molar-refractivity contribution in [1.29, 1.82) is 0 Å². The molecule has 1 amide bonds. The summed E-state index contributed by atoms with van der Waals surface area (Å²) >= 11 is 0. The van der Waals surface area contributed by atoms with Gasteiger partial charge in [0.15, 0.2) is 0 Å². The average molecular weight is 227 g/mol. The van der Waals surface area contributed by atoms with Crippen molar-refractivity contribution in [3.05, 3.63) is 0 Å². The van der Waals surface area contributed by atoms with Crippen molar-refractivity contribution in [1.82, 2.24) is 4.90 Å². The van der Waals surface area contributed by atoms with E-state index in [-0.39, 0.29) is 24.3 Å². The van der Waals surface area contributed by atoms with Gasteiger partial charge in [-0.1, -0.05) is 20.3 Å². The molecule has 0 saturated carbocycles. The molecule has 92 valence electrons. The number of hydrogen-bond acceptors (Lipinski definition) is 2. The van der Waals surface area contributed by atoms with Crippen LogP contribution in [0.2, 0.25) is 0 Å². The molecule has 1 aliphatic heterocycles. The van der Waals surface area contributed by atoms with Gasteiger partial charge in [0.05, 0.1) is 6.42 Å². The summed E-state index contributed by atoms with van der Waals surface area (Å²) in [5.74, 6) is -0.655. The Labute approximate surface area is 96.6 Å². The van der Waals surface area contributed by atoms with Gasteiger partial charge in [-0.25, -0.2) is 0 Å². The first-order valence-corrected chi connectivity index (χ1v) is 6.08. The predicted molar refractivity (Wildman–Crippen MR) is 61.1 cm³/mol. The summed E-state index contributed by atoms with van der Waals surface area (Å²) in [6.45, 7) is 4.72. The van der Waals surface area contributed by atoms with Crippen molar-refractivity contribution in [3.63, 3.8) is 0 Å². The maximum absolute atomic E-state index is 12.1. The Morgan fingerprint density at radius 3 is 2.75 bits per heavy atom. The van der Waals surface area contributed by atoms with E-state index in [1.807, 2.05) is 6.92 Å². The highest BCUT2D eigenvalue weighted by atomic mass is 16.4. The summed E-state index contributed by atoms with van der Waals surface area (Å²) < 4.78 is 0. The molecule has 1 rings (SSSR count). The van der Waals surface area contributed by atoms with Crippen LogP contribution in [-0.2, 0) is 9.59 Å². The Kier molecular flexibility index (Phi) is 4.77. The maximum atomic E-state index is 12.1. The fraction of sp³-hybridized carbons (Fsp3) is 0.833. The van der Waals surface area contributed by atoms with E-state index in [1.165, 1.54) is 0 Å². The molecule has 1 aliphatic rings. The molecule has 4 nitrogen and oxygen atoms in total. The second-order valence-corrected chi connectivity index (χ2v) is 4.62. The highest BCUT2D eigenvalue weighted by Crippen LogP contribution is 2.23. The maximum Gasteiger partial charge on any atom is 0.305 e. The lowest BCUT2D eigenvalue weighted by Crippen LogP contribution is -2.39. The van der Waals surface area contributed by atoms with Crippen molar-refractivity contribution in [2.24, 2.45) is 5.92 Å². The molecular formula is C12H21NO3. The molecule has 0 spiro atoms. The van der Waals surface area contributed by atoms with E-state index in [0.29, 0.717) is 0 Å². The number of amides is 1. The summed E-state index contributed by atoms with van der Waals surface area (Å²) in [6, 6.07) is -0.0793. The monoisotopic (exact) mass is 227 g/mol. The van der Waals surface area contributed by atoms with E-state index in [0.717, 1.165) is 32.2 Å². The van der Waals surface area contributed by atoms with Crippen molar-refractivity contribution < 1.29 is 14.7 Å². The minimum Gasteiger partial charge on any atom is -0.481 e. The number of aliphatic carboxylic acids is 1. The number of carbonyl (C=O) groups is 2. The van der Waals surface area contributed by atoms with E-state index >= 15 is 0 Å². The third-order valence-corrected chi connectivity index (χ3v) is 3.21. The molecule has 0 aromatic rings. The van der Waals surface area contributed by atoms with Crippen molar-refractivity contribution >= 4 is 11.9 Å². The normalized spacial score (nSPS) is 22.1. The third kappa shape index (κ3) is 3.22. The van der Waals surface area contributed by atoms with Gasteiger partial charge in [-0.05, 0) is 19.3 Å². The molecule has 0 radical (unpaired) electrons. The van der Waals surface area contributed by atoms with Gasteiger partial charge in [-0.3, -0.25) is 9.59 Å². The molecule has 1 N–H and O–H groups in total. The van der Waals surface area contributed by atoms with Crippen LogP contribution in [0.4, 0.5) is 0 Å². The first-order chi connectivity index (χ1) is 7.56. The summed E-state index contributed by atoms with van der Waals surface area (Å²) in [6.07, 6.45) is 3.73. The lowest BCUT2D eigenvalue weighted by Gasteiger charge is -2.26. The highest BCUT2D eigenvalue weighted by molar-refractivity contribution is 5.80. The van der Waals surface area contributed by atoms with Crippen LogP contribution in [0.1, 0.15) is 46.0 Å². The molecule has 1 fully saturated rings. The fourth-order valence-corrected chi connectivity index (χ4v) is 2.38. The standard InChI is InChI=1S/C12H21NO3/c1-3-5-9(2)12(16)13-7-4-6-10(13)8-11(14)15/h9-10H,3-8H2,1-2H3,(H,14,15). The quantitative estimate of drug-likeness (QED) is 0.780. The van der Waals surface area contributed by atoms with Crippen LogP contribution >= 0.6 is 0 Å². The smallest absolute Gasteiger partial charge is 0.305 e. The third-order valence-electron chi connectivity index (χ3n) is 3.21. The van der Waals surface area contributed by atoms with Gasteiger partial charge in [0.2, 0.25) is 5.91 Å². The predicted octanol–water partition coefficient (Wildman–Crippen LogP) is 1.89. The number of hydrogen-bond donors (Lipinski definition) is 1. The zero-order chi connectivity index (χ0) is 12.1. The van der Waals surface area contributed by atoms with Crippen molar-refractivity contribution in [3.8, 4) is 0 Å². The summed E-state index contributed by atoms with van der Waals surface area (Å²) in [5.41, 5.74) is 0. The highest BCUT2D eigenvalue weighted by Gasteiger charge is 2.32. The Morgan fingerprint density at radius 1 is 1.50 bits per heavy atom. The van der Waals surface area contributed by atoms with Crippen LogP contribution < -0.4 is 0 Å². The zero-order valence-electron chi connectivity index (χ0n) is 10.1.